The molecule has 0 radical (unpaired) electrons. The van der Waals surface area contributed by atoms with Crippen LogP contribution in [0.5, 0.6) is 0 Å². The van der Waals surface area contributed by atoms with Crippen LogP contribution in [0.25, 0.3) is 0 Å². The second kappa shape index (κ2) is 5.55. The summed E-state index contributed by atoms with van der Waals surface area (Å²) in [7, 11) is 0. The fourth-order valence-electron chi connectivity index (χ4n) is 1.58. The second-order valence-corrected chi connectivity index (χ2v) is 4.30. The van der Waals surface area contributed by atoms with Gasteiger partial charge >= 0.3 is 0 Å². The number of nitrogens with one attached hydrogen (secondary N) is 1. The Balaban J connectivity index is 2.30. The Morgan fingerprint density at radius 3 is 2.68 bits per heavy atom. The highest BCUT2D eigenvalue weighted by molar-refractivity contribution is 7.80. The van der Waals surface area contributed by atoms with Crippen molar-refractivity contribution >= 4 is 24.2 Å². The standard InChI is InChI=1S/C14H9FN2OS/c15-12-5-2-6-13(11(12)8-16)17-14(18)9-3-1-4-10(19)7-9/h1-7,19H,(H,17,18). The summed E-state index contributed by atoms with van der Waals surface area (Å²) in [5.74, 6) is -1.08. The van der Waals surface area contributed by atoms with Crippen LogP contribution in [0.4, 0.5) is 10.1 Å². The lowest BCUT2D eigenvalue weighted by Crippen LogP contribution is -2.13. The van der Waals surface area contributed by atoms with E-state index in [0.29, 0.717) is 10.5 Å². The van der Waals surface area contributed by atoms with Crippen LogP contribution in [-0.2, 0) is 0 Å². The number of hydrogen-bond acceptors (Lipinski definition) is 3. The molecule has 0 atom stereocenters. The van der Waals surface area contributed by atoms with Crippen LogP contribution in [0.3, 0.4) is 0 Å². The molecule has 0 aliphatic carbocycles. The zero-order chi connectivity index (χ0) is 13.8. The van der Waals surface area contributed by atoms with Crippen LogP contribution < -0.4 is 5.32 Å². The summed E-state index contributed by atoms with van der Waals surface area (Å²) in [5, 5.41) is 11.4. The van der Waals surface area contributed by atoms with Crippen molar-refractivity contribution in [3.63, 3.8) is 0 Å². The maximum absolute atomic E-state index is 13.4. The van der Waals surface area contributed by atoms with E-state index in [1.807, 2.05) is 0 Å². The van der Waals surface area contributed by atoms with Gasteiger partial charge in [-0.15, -0.1) is 12.6 Å². The summed E-state index contributed by atoms with van der Waals surface area (Å²) in [6, 6.07) is 12.4. The summed E-state index contributed by atoms with van der Waals surface area (Å²) >= 11 is 4.14. The first-order chi connectivity index (χ1) is 9.11. The third-order valence-electron chi connectivity index (χ3n) is 2.48. The topological polar surface area (TPSA) is 52.9 Å². The van der Waals surface area contributed by atoms with E-state index < -0.39 is 11.7 Å². The number of thiol groups is 1. The highest BCUT2D eigenvalue weighted by Crippen LogP contribution is 2.19. The van der Waals surface area contributed by atoms with Gasteiger partial charge in [-0.3, -0.25) is 4.79 Å². The van der Waals surface area contributed by atoms with Crippen molar-refractivity contribution in [3.8, 4) is 6.07 Å². The van der Waals surface area contributed by atoms with E-state index in [1.54, 1.807) is 30.3 Å². The molecule has 0 bridgehead atoms. The molecule has 0 heterocycles. The summed E-state index contributed by atoms with van der Waals surface area (Å²) in [6.07, 6.45) is 0. The number of benzene rings is 2. The molecule has 0 unspecified atom stereocenters. The first-order valence-corrected chi connectivity index (χ1v) is 5.85. The molecular weight excluding hydrogens is 263 g/mol. The zero-order valence-electron chi connectivity index (χ0n) is 9.72. The van der Waals surface area contributed by atoms with Gasteiger partial charge in [-0.25, -0.2) is 4.39 Å². The van der Waals surface area contributed by atoms with E-state index in [9.17, 15) is 9.18 Å². The largest absolute Gasteiger partial charge is 0.321 e. The van der Waals surface area contributed by atoms with Crippen LogP contribution in [0, 0.1) is 17.1 Å². The highest BCUT2D eigenvalue weighted by Gasteiger charge is 2.12. The zero-order valence-corrected chi connectivity index (χ0v) is 10.6. The van der Waals surface area contributed by atoms with E-state index in [-0.39, 0.29) is 11.3 Å². The van der Waals surface area contributed by atoms with Gasteiger partial charge in [0.05, 0.1) is 5.69 Å². The quantitative estimate of drug-likeness (QED) is 0.825. The van der Waals surface area contributed by atoms with E-state index in [0.717, 1.165) is 0 Å². The Morgan fingerprint density at radius 1 is 1.26 bits per heavy atom. The number of carbonyl (C=O) groups is 1. The third-order valence-corrected chi connectivity index (χ3v) is 2.76. The van der Waals surface area contributed by atoms with Gasteiger partial charge in [0.2, 0.25) is 0 Å². The molecule has 19 heavy (non-hydrogen) atoms. The fourth-order valence-corrected chi connectivity index (χ4v) is 1.81. The molecule has 0 saturated heterocycles. The summed E-state index contributed by atoms with van der Waals surface area (Å²) in [6.45, 7) is 0. The van der Waals surface area contributed by atoms with Crippen LogP contribution in [0.15, 0.2) is 47.4 Å². The molecule has 0 spiro atoms. The summed E-state index contributed by atoms with van der Waals surface area (Å²) < 4.78 is 13.4. The minimum Gasteiger partial charge on any atom is -0.321 e. The van der Waals surface area contributed by atoms with Gasteiger partial charge in [0.15, 0.2) is 0 Å². The molecule has 1 N–H and O–H groups in total. The molecule has 5 heteroatoms. The first kappa shape index (κ1) is 13.1. The Kier molecular flexibility index (Phi) is 3.83. The highest BCUT2D eigenvalue weighted by atomic mass is 32.1. The molecule has 3 nitrogen and oxygen atoms in total. The number of amides is 1. The van der Waals surface area contributed by atoms with Crippen molar-refractivity contribution in [1.29, 1.82) is 5.26 Å². The van der Waals surface area contributed by atoms with Crippen LogP contribution in [0.1, 0.15) is 15.9 Å². The summed E-state index contributed by atoms with van der Waals surface area (Å²) in [5.41, 5.74) is 0.357. The average molecular weight is 272 g/mol. The van der Waals surface area contributed by atoms with Crippen molar-refractivity contribution in [1.82, 2.24) is 0 Å². The van der Waals surface area contributed by atoms with Crippen molar-refractivity contribution in [2.45, 2.75) is 4.90 Å². The lowest BCUT2D eigenvalue weighted by atomic mass is 10.1. The van der Waals surface area contributed by atoms with E-state index >= 15 is 0 Å². The van der Waals surface area contributed by atoms with E-state index in [2.05, 4.69) is 17.9 Å². The predicted molar refractivity (Wildman–Crippen MR) is 72.8 cm³/mol. The maximum Gasteiger partial charge on any atom is 0.255 e. The minimum absolute atomic E-state index is 0.150. The third kappa shape index (κ3) is 2.92. The second-order valence-electron chi connectivity index (χ2n) is 3.78. The lowest BCUT2D eigenvalue weighted by molar-refractivity contribution is 0.102. The molecule has 0 aromatic heterocycles. The van der Waals surface area contributed by atoms with Gasteiger partial charge in [0, 0.05) is 10.5 Å². The molecule has 0 saturated carbocycles. The van der Waals surface area contributed by atoms with Crippen molar-refractivity contribution in [3.05, 3.63) is 59.4 Å². The number of carbonyl (C=O) groups excluding carboxylic acids is 1. The summed E-state index contributed by atoms with van der Waals surface area (Å²) in [4.78, 5) is 12.6. The van der Waals surface area contributed by atoms with Gasteiger partial charge < -0.3 is 5.32 Å². The smallest absolute Gasteiger partial charge is 0.255 e. The lowest BCUT2D eigenvalue weighted by Gasteiger charge is -2.07. The van der Waals surface area contributed by atoms with Crippen LogP contribution in [-0.4, -0.2) is 5.91 Å². The number of halogens is 1. The molecule has 2 rings (SSSR count). The number of nitriles is 1. The molecule has 0 aliphatic heterocycles. The van der Waals surface area contributed by atoms with Crippen molar-refractivity contribution < 1.29 is 9.18 Å². The Labute approximate surface area is 115 Å². The molecular formula is C14H9FN2OS. The van der Waals surface area contributed by atoms with E-state index in [4.69, 9.17) is 5.26 Å². The predicted octanol–water partition coefficient (Wildman–Crippen LogP) is 3.24. The minimum atomic E-state index is -0.664. The van der Waals surface area contributed by atoms with Crippen LogP contribution >= 0.6 is 12.6 Å². The molecule has 1 amide bonds. The molecule has 94 valence electrons. The van der Waals surface area contributed by atoms with Gasteiger partial charge in [-0.2, -0.15) is 5.26 Å². The fraction of sp³-hybridized carbons (Fsp3) is 0. The normalized spacial score (nSPS) is 9.74. The van der Waals surface area contributed by atoms with Gasteiger partial charge in [0.1, 0.15) is 17.4 Å². The number of hydrogen-bond donors (Lipinski definition) is 2. The van der Waals surface area contributed by atoms with Gasteiger partial charge in [0.25, 0.3) is 5.91 Å². The monoisotopic (exact) mass is 272 g/mol. The molecule has 0 fully saturated rings. The van der Waals surface area contributed by atoms with Gasteiger partial charge in [-0.1, -0.05) is 12.1 Å². The van der Waals surface area contributed by atoms with Crippen molar-refractivity contribution in [2.75, 3.05) is 5.32 Å². The number of nitrogens with zero attached hydrogens (tertiary/aromatic N) is 1. The molecule has 2 aromatic rings. The van der Waals surface area contributed by atoms with Crippen LogP contribution in [0.2, 0.25) is 0 Å². The molecule has 2 aromatic carbocycles. The number of rotatable bonds is 2. The Morgan fingerprint density at radius 2 is 2.00 bits per heavy atom. The van der Waals surface area contributed by atoms with Crippen molar-refractivity contribution in [2.24, 2.45) is 0 Å². The SMILES string of the molecule is N#Cc1c(F)cccc1NC(=O)c1cccc(S)c1. The number of anilines is 1. The van der Waals surface area contributed by atoms with Gasteiger partial charge in [-0.05, 0) is 30.3 Å². The van der Waals surface area contributed by atoms with E-state index in [1.165, 1.54) is 18.2 Å². The Bertz CT molecular complexity index is 679. The first-order valence-electron chi connectivity index (χ1n) is 5.41. The maximum atomic E-state index is 13.4. The Hall–Kier alpha value is -2.32. The average Bonchev–Trinajstić information content (AvgIpc) is 2.39. The molecule has 0 aliphatic rings.